The Kier molecular flexibility index (Phi) is 13.8. The monoisotopic (exact) mass is 140 g/mol. The molecule has 0 heterocycles. The van der Waals surface area contributed by atoms with Gasteiger partial charge in [0, 0.05) is 0 Å². The highest BCUT2D eigenvalue weighted by Crippen LogP contribution is 2.05. The van der Waals surface area contributed by atoms with Crippen molar-refractivity contribution in [2.24, 2.45) is 0 Å². The van der Waals surface area contributed by atoms with Crippen LogP contribution in [0.3, 0.4) is 0 Å². The lowest BCUT2D eigenvalue weighted by atomic mass is 10.1. The summed E-state index contributed by atoms with van der Waals surface area (Å²) in [6.07, 6.45) is 5.23. The second kappa shape index (κ2) is 11.3. The molecule has 0 atom stereocenters. The summed E-state index contributed by atoms with van der Waals surface area (Å²) in [4.78, 5) is 0. The van der Waals surface area contributed by atoms with Crippen molar-refractivity contribution in [1.82, 2.24) is 0 Å². The van der Waals surface area contributed by atoms with Crippen LogP contribution in [0.2, 0.25) is 0 Å². The highest BCUT2D eigenvalue weighted by atomic mass is 13.9. The van der Waals surface area contributed by atoms with Gasteiger partial charge in [0.1, 0.15) is 0 Å². The van der Waals surface area contributed by atoms with Gasteiger partial charge in [-0.2, -0.15) is 0 Å². The summed E-state index contributed by atoms with van der Waals surface area (Å²) in [5, 5.41) is 0. The average Bonchev–Trinajstić information content (AvgIpc) is 1.93. The maximum atomic E-state index is 3.86. The first-order chi connectivity index (χ1) is 4.81. The molecule has 0 heteroatoms. The van der Waals surface area contributed by atoms with Crippen molar-refractivity contribution < 1.29 is 0 Å². The molecule has 60 valence electrons. The maximum absolute atomic E-state index is 3.86. The Morgan fingerprint density at radius 3 is 2.20 bits per heavy atom. The molecular weight excluding hydrogens is 120 g/mol. The van der Waals surface area contributed by atoms with Gasteiger partial charge in [-0.3, -0.25) is 0 Å². The van der Waals surface area contributed by atoms with Crippen molar-refractivity contribution in [3.63, 3.8) is 0 Å². The van der Waals surface area contributed by atoms with Gasteiger partial charge in [0.05, 0.1) is 0 Å². The highest BCUT2D eigenvalue weighted by molar-refractivity contribution is 4.99. The second-order valence-corrected chi connectivity index (χ2v) is 1.99. The third-order valence-corrected chi connectivity index (χ3v) is 1.04. The Labute approximate surface area is 65.7 Å². The first kappa shape index (κ1) is 12.2. The first-order valence-electron chi connectivity index (χ1n) is 4.08. The number of rotatable bonds is 4. The minimum Gasteiger partial charge on any atom is -0.103 e. The molecule has 0 aromatic rings. The predicted octanol–water partition coefficient (Wildman–Crippen LogP) is 3.95. The zero-order valence-electron chi connectivity index (χ0n) is 7.61. The molecule has 0 N–H and O–H groups in total. The fourth-order valence-electron chi connectivity index (χ4n) is 0.660. The Balaban J connectivity index is 0. The molecule has 0 aromatic carbocycles. The Bertz CT molecular complexity index is 80.0. The van der Waals surface area contributed by atoms with Crippen LogP contribution < -0.4 is 0 Å². The minimum absolute atomic E-state index is 0.980. The number of hydrogen-bond donors (Lipinski definition) is 0. The van der Waals surface area contributed by atoms with Crippen LogP contribution in [0.15, 0.2) is 24.8 Å². The van der Waals surface area contributed by atoms with Crippen LogP contribution in [-0.2, 0) is 0 Å². The van der Waals surface area contributed by atoms with Gasteiger partial charge in [0.25, 0.3) is 0 Å². The van der Waals surface area contributed by atoms with Crippen molar-refractivity contribution in [3.05, 3.63) is 24.8 Å². The van der Waals surface area contributed by atoms with Crippen LogP contribution in [0, 0.1) is 0 Å². The van der Waals surface area contributed by atoms with Crippen LogP contribution in [0.5, 0.6) is 0 Å². The summed E-state index contributed by atoms with van der Waals surface area (Å²) in [5.74, 6) is 0. The molecule has 0 amide bonds. The molecule has 0 aliphatic carbocycles. The van der Waals surface area contributed by atoms with E-state index < -0.39 is 0 Å². The molecule has 0 saturated carbocycles. The fraction of sp³-hybridized carbons (Fsp3) is 0.600. The van der Waals surface area contributed by atoms with Crippen molar-refractivity contribution >= 4 is 0 Å². The standard InChI is InChI=1S/C8H14.C2H6/c1-4-6-8(3)7-5-2;1-2/h4H,1,3,5-7H2,2H3;1-2H3. The zero-order valence-corrected chi connectivity index (χ0v) is 7.61. The van der Waals surface area contributed by atoms with E-state index in [1.807, 2.05) is 19.9 Å². The third kappa shape index (κ3) is 10.5. The summed E-state index contributed by atoms with van der Waals surface area (Å²) >= 11 is 0. The van der Waals surface area contributed by atoms with Crippen LogP contribution >= 0.6 is 0 Å². The van der Waals surface area contributed by atoms with E-state index in [1.165, 1.54) is 12.0 Å². The summed E-state index contributed by atoms with van der Waals surface area (Å²) in [5.41, 5.74) is 1.29. The molecule has 0 saturated heterocycles. The van der Waals surface area contributed by atoms with Crippen LogP contribution in [0.25, 0.3) is 0 Å². The quantitative estimate of drug-likeness (QED) is 0.519. The molecule has 0 bridgehead atoms. The highest BCUT2D eigenvalue weighted by Gasteiger charge is 1.85. The van der Waals surface area contributed by atoms with Gasteiger partial charge in [0.15, 0.2) is 0 Å². The van der Waals surface area contributed by atoms with E-state index >= 15 is 0 Å². The van der Waals surface area contributed by atoms with Gasteiger partial charge < -0.3 is 0 Å². The van der Waals surface area contributed by atoms with Crippen molar-refractivity contribution in [3.8, 4) is 0 Å². The Morgan fingerprint density at radius 1 is 1.40 bits per heavy atom. The van der Waals surface area contributed by atoms with Gasteiger partial charge >= 0.3 is 0 Å². The van der Waals surface area contributed by atoms with E-state index in [9.17, 15) is 0 Å². The van der Waals surface area contributed by atoms with Crippen LogP contribution in [-0.4, -0.2) is 0 Å². The molecule has 0 unspecified atom stereocenters. The molecule has 0 aromatic heterocycles. The van der Waals surface area contributed by atoms with Gasteiger partial charge in [-0.05, 0) is 12.8 Å². The molecular formula is C10H20. The van der Waals surface area contributed by atoms with Gasteiger partial charge in [0.2, 0.25) is 0 Å². The van der Waals surface area contributed by atoms with E-state index in [0.717, 1.165) is 12.8 Å². The minimum atomic E-state index is 0.980. The first-order valence-corrected chi connectivity index (χ1v) is 4.08. The van der Waals surface area contributed by atoms with Gasteiger partial charge in [-0.1, -0.05) is 45.4 Å². The smallest absolute Gasteiger partial charge is 0.0144 e. The Morgan fingerprint density at radius 2 is 1.90 bits per heavy atom. The molecule has 0 radical (unpaired) electrons. The van der Waals surface area contributed by atoms with Gasteiger partial charge in [-0.15, -0.1) is 6.58 Å². The summed E-state index contributed by atoms with van der Waals surface area (Å²) in [7, 11) is 0. The molecule has 10 heavy (non-hydrogen) atoms. The van der Waals surface area contributed by atoms with Gasteiger partial charge in [-0.25, -0.2) is 0 Å². The van der Waals surface area contributed by atoms with Crippen molar-refractivity contribution in [1.29, 1.82) is 0 Å². The van der Waals surface area contributed by atoms with E-state index in [1.54, 1.807) is 0 Å². The van der Waals surface area contributed by atoms with Crippen molar-refractivity contribution in [2.75, 3.05) is 0 Å². The maximum Gasteiger partial charge on any atom is -0.0144 e. The lowest BCUT2D eigenvalue weighted by molar-refractivity contribution is 0.885. The van der Waals surface area contributed by atoms with E-state index in [0.29, 0.717) is 0 Å². The largest absolute Gasteiger partial charge is 0.103 e. The van der Waals surface area contributed by atoms with Crippen LogP contribution in [0.4, 0.5) is 0 Å². The molecule has 0 fully saturated rings. The summed E-state index contributed by atoms with van der Waals surface area (Å²) in [6, 6.07) is 0. The third-order valence-electron chi connectivity index (χ3n) is 1.04. The van der Waals surface area contributed by atoms with Crippen LogP contribution in [0.1, 0.15) is 40.0 Å². The summed E-state index contributed by atoms with van der Waals surface area (Å²) in [6.45, 7) is 13.6. The topological polar surface area (TPSA) is 0 Å². The normalized spacial score (nSPS) is 7.50. The lowest BCUT2D eigenvalue weighted by Gasteiger charge is -1.95. The number of hydrogen-bond acceptors (Lipinski definition) is 0. The predicted molar refractivity (Wildman–Crippen MR) is 50.2 cm³/mol. The van der Waals surface area contributed by atoms with E-state index in [-0.39, 0.29) is 0 Å². The van der Waals surface area contributed by atoms with E-state index in [2.05, 4.69) is 20.1 Å². The molecule has 0 nitrogen and oxygen atoms in total. The van der Waals surface area contributed by atoms with E-state index in [4.69, 9.17) is 0 Å². The zero-order chi connectivity index (χ0) is 8.41. The number of allylic oxidation sites excluding steroid dienone is 2. The fourth-order valence-corrected chi connectivity index (χ4v) is 0.660. The molecule has 0 spiro atoms. The molecule has 0 aliphatic rings. The lowest BCUT2D eigenvalue weighted by Crippen LogP contribution is -1.75. The van der Waals surface area contributed by atoms with Crippen molar-refractivity contribution in [2.45, 2.75) is 40.0 Å². The molecule has 0 aliphatic heterocycles. The summed E-state index contributed by atoms with van der Waals surface area (Å²) < 4.78 is 0. The molecule has 0 rings (SSSR count). The Hall–Kier alpha value is -0.520. The average molecular weight is 140 g/mol. The second-order valence-electron chi connectivity index (χ2n) is 1.99. The SMILES string of the molecule is C=CCC(=C)CCC.CC.